The quantitative estimate of drug-likeness (QED) is 0.388. The monoisotopic (exact) mass is 289 g/mol. The summed E-state index contributed by atoms with van der Waals surface area (Å²) in [7, 11) is 0. The number of aliphatic carboxylic acids is 1. The smallest absolute Gasteiger partial charge is 0.332 e. The van der Waals surface area contributed by atoms with E-state index < -0.39 is 18.1 Å². The molecule has 5 N–H and O–H groups in total. The number of amides is 3. The van der Waals surface area contributed by atoms with Crippen molar-refractivity contribution in [2.45, 2.75) is 45.3 Å². The van der Waals surface area contributed by atoms with E-state index in [0.29, 0.717) is 0 Å². The molecule has 0 aromatic rings. The summed E-state index contributed by atoms with van der Waals surface area (Å²) >= 11 is 0. The third-order valence-electron chi connectivity index (χ3n) is 2.65. The minimum Gasteiger partial charge on any atom is -0.479 e. The molecule has 3 amide bonds. The van der Waals surface area contributed by atoms with Crippen LogP contribution in [0.4, 0.5) is 4.79 Å². The number of carbonyl (C=O) groups excluding carboxylic acids is 2. The Kier molecular flexibility index (Phi) is 9.10. The van der Waals surface area contributed by atoms with E-state index in [-0.39, 0.29) is 37.9 Å². The maximum atomic E-state index is 11.4. The van der Waals surface area contributed by atoms with Crippen molar-refractivity contribution < 1.29 is 24.6 Å². The van der Waals surface area contributed by atoms with Crippen LogP contribution in [0.2, 0.25) is 0 Å². The molecule has 0 fully saturated rings. The van der Waals surface area contributed by atoms with E-state index >= 15 is 0 Å². The van der Waals surface area contributed by atoms with E-state index in [0.717, 1.165) is 6.42 Å². The van der Waals surface area contributed by atoms with Gasteiger partial charge in [-0.3, -0.25) is 4.79 Å². The van der Waals surface area contributed by atoms with Crippen molar-refractivity contribution in [1.82, 2.24) is 16.0 Å². The Hall–Kier alpha value is -1.83. The fourth-order valence-corrected chi connectivity index (χ4v) is 1.25. The molecule has 8 nitrogen and oxygen atoms in total. The largest absolute Gasteiger partial charge is 0.479 e. The van der Waals surface area contributed by atoms with Crippen LogP contribution in [-0.4, -0.2) is 53.4 Å². The lowest BCUT2D eigenvalue weighted by atomic mass is 10.2. The molecule has 20 heavy (non-hydrogen) atoms. The molecule has 0 saturated carbocycles. The van der Waals surface area contributed by atoms with Gasteiger partial charge in [-0.2, -0.15) is 0 Å². The summed E-state index contributed by atoms with van der Waals surface area (Å²) in [6.45, 7) is 4.09. The van der Waals surface area contributed by atoms with Gasteiger partial charge in [0, 0.05) is 32.0 Å². The van der Waals surface area contributed by atoms with Crippen LogP contribution in [0.1, 0.15) is 33.1 Å². The number of aliphatic hydroxyl groups is 1. The van der Waals surface area contributed by atoms with E-state index in [9.17, 15) is 14.4 Å². The van der Waals surface area contributed by atoms with Gasteiger partial charge in [-0.1, -0.05) is 6.92 Å². The van der Waals surface area contributed by atoms with E-state index in [1.165, 1.54) is 0 Å². The van der Waals surface area contributed by atoms with Gasteiger partial charge in [-0.05, 0) is 13.3 Å². The number of rotatable bonds is 9. The fourth-order valence-electron chi connectivity index (χ4n) is 1.25. The highest BCUT2D eigenvalue weighted by atomic mass is 16.4. The van der Waals surface area contributed by atoms with Gasteiger partial charge in [0.2, 0.25) is 5.91 Å². The number of carbonyl (C=O) groups is 3. The molecule has 0 rings (SSSR count). The second kappa shape index (κ2) is 10.0. The number of hydrogen-bond acceptors (Lipinski definition) is 4. The summed E-state index contributed by atoms with van der Waals surface area (Å²) in [4.78, 5) is 33.0. The van der Waals surface area contributed by atoms with Crippen LogP contribution < -0.4 is 16.0 Å². The third-order valence-corrected chi connectivity index (χ3v) is 2.65. The van der Waals surface area contributed by atoms with E-state index in [4.69, 9.17) is 10.2 Å². The molecule has 0 aliphatic rings. The highest BCUT2D eigenvalue weighted by Gasteiger charge is 2.12. The standard InChI is InChI=1S/C12H23N3O5/c1-3-8(2)15-10(17)5-7-14-12(20)13-6-4-9(16)11(18)19/h8-9,16H,3-7H2,1-2H3,(H,15,17)(H,18,19)(H2,13,14,20). The molecule has 0 saturated heterocycles. The Bertz CT molecular complexity index is 335. The number of carboxylic acids is 1. The maximum Gasteiger partial charge on any atom is 0.332 e. The lowest BCUT2D eigenvalue weighted by molar-refractivity contribution is -0.146. The second-order valence-corrected chi connectivity index (χ2v) is 4.45. The lowest BCUT2D eigenvalue weighted by Gasteiger charge is -2.12. The fraction of sp³-hybridized carbons (Fsp3) is 0.750. The SMILES string of the molecule is CCC(C)NC(=O)CCNC(=O)NCCC(O)C(=O)O. The van der Waals surface area contributed by atoms with Crippen LogP contribution >= 0.6 is 0 Å². The molecule has 0 aromatic carbocycles. The van der Waals surface area contributed by atoms with Gasteiger partial charge in [0.05, 0.1) is 0 Å². The summed E-state index contributed by atoms with van der Waals surface area (Å²) in [6, 6.07) is -0.396. The van der Waals surface area contributed by atoms with Gasteiger partial charge in [0.15, 0.2) is 6.10 Å². The summed E-state index contributed by atoms with van der Waals surface area (Å²) in [5.41, 5.74) is 0. The van der Waals surface area contributed by atoms with E-state index in [2.05, 4.69) is 16.0 Å². The van der Waals surface area contributed by atoms with E-state index in [1.54, 1.807) is 0 Å². The number of hydrogen-bond donors (Lipinski definition) is 5. The van der Waals surface area contributed by atoms with Gasteiger partial charge in [0.1, 0.15) is 0 Å². The van der Waals surface area contributed by atoms with Crippen molar-refractivity contribution in [2.24, 2.45) is 0 Å². The zero-order valence-corrected chi connectivity index (χ0v) is 11.8. The van der Waals surface area contributed by atoms with Gasteiger partial charge in [-0.15, -0.1) is 0 Å². The number of nitrogens with one attached hydrogen (secondary N) is 3. The van der Waals surface area contributed by atoms with Crippen molar-refractivity contribution >= 4 is 17.9 Å². The molecule has 0 radical (unpaired) electrons. The zero-order chi connectivity index (χ0) is 15.5. The Morgan fingerprint density at radius 2 is 1.75 bits per heavy atom. The highest BCUT2D eigenvalue weighted by Crippen LogP contribution is 1.90. The summed E-state index contributed by atoms with van der Waals surface area (Å²) in [5, 5.41) is 25.0. The normalized spacial score (nSPS) is 13.2. The molecular formula is C12H23N3O5. The molecule has 0 aromatic heterocycles. The minimum atomic E-state index is -1.49. The average Bonchev–Trinajstić information content (AvgIpc) is 2.38. The number of aliphatic hydroxyl groups excluding tert-OH is 1. The first-order valence-corrected chi connectivity index (χ1v) is 6.58. The van der Waals surface area contributed by atoms with Gasteiger partial charge < -0.3 is 26.2 Å². The Balaban J connectivity index is 3.63. The molecule has 0 aliphatic carbocycles. The van der Waals surface area contributed by atoms with Crippen molar-refractivity contribution in [2.75, 3.05) is 13.1 Å². The van der Waals surface area contributed by atoms with Gasteiger partial charge >= 0.3 is 12.0 Å². The molecule has 0 aliphatic heterocycles. The van der Waals surface area contributed by atoms with E-state index in [1.807, 2.05) is 13.8 Å². The molecule has 116 valence electrons. The summed E-state index contributed by atoms with van der Waals surface area (Å²) in [5.74, 6) is -1.46. The Morgan fingerprint density at radius 1 is 1.15 bits per heavy atom. The first-order chi connectivity index (χ1) is 9.36. The summed E-state index contributed by atoms with van der Waals surface area (Å²) < 4.78 is 0. The van der Waals surface area contributed by atoms with Crippen LogP contribution in [0, 0.1) is 0 Å². The predicted octanol–water partition coefficient (Wildman–Crippen LogP) is -0.574. The number of carboxylic acid groups (broad SMARTS) is 1. The minimum absolute atomic E-state index is 0.0400. The number of urea groups is 1. The average molecular weight is 289 g/mol. The van der Waals surface area contributed by atoms with Crippen LogP contribution in [0.25, 0.3) is 0 Å². The molecule has 0 bridgehead atoms. The predicted molar refractivity (Wildman–Crippen MR) is 72.2 cm³/mol. The topological polar surface area (TPSA) is 128 Å². The van der Waals surface area contributed by atoms with Crippen molar-refractivity contribution in [3.63, 3.8) is 0 Å². The molecule has 8 heteroatoms. The highest BCUT2D eigenvalue weighted by molar-refractivity contribution is 5.78. The third kappa shape index (κ3) is 9.15. The van der Waals surface area contributed by atoms with Crippen LogP contribution in [-0.2, 0) is 9.59 Å². The molecule has 2 atom stereocenters. The maximum absolute atomic E-state index is 11.4. The first kappa shape index (κ1) is 18.2. The second-order valence-electron chi connectivity index (χ2n) is 4.45. The van der Waals surface area contributed by atoms with Crippen LogP contribution in [0.3, 0.4) is 0 Å². The first-order valence-electron chi connectivity index (χ1n) is 6.58. The van der Waals surface area contributed by atoms with Gasteiger partial charge in [-0.25, -0.2) is 9.59 Å². The van der Waals surface area contributed by atoms with Crippen molar-refractivity contribution in [1.29, 1.82) is 0 Å². The lowest BCUT2D eigenvalue weighted by Crippen LogP contribution is -2.40. The zero-order valence-electron chi connectivity index (χ0n) is 11.8. The molecule has 2 unspecified atom stereocenters. The van der Waals surface area contributed by atoms with Crippen molar-refractivity contribution in [3.8, 4) is 0 Å². The van der Waals surface area contributed by atoms with Gasteiger partial charge in [0.25, 0.3) is 0 Å². The Morgan fingerprint density at radius 3 is 2.30 bits per heavy atom. The molecule has 0 heterocycles. The van der Waals surface area contributed by atoms with Crippen LogP contribution in [0.15, 0.2) is 0 Å². The summed E-state index contributed by atoms with van der Waals surface area (Å²) in [6.07, 6.45) is -0.546. The Labute approximate surface area is 117 Å². The molecule has 0 spiro atoms. The van der Waals surface area contributed by atoms with Crippen LogP contribution in [0.5, 0.6) is 0 Å². The van der Waals surface area contributed by atoms with Crippen molar-refractivity contribution in [3.05, 3.63) is 0 Å². The molecular weight excluding hydrogens is 266 g/mol.